The summed E-state index contributed by atoms with van der Waals surface area (Å²) in [5, 5.41) is 11.5. The first-order valence-electron chi connectivity index (χ1n) is 7.05. The Balaban J connectivity index is 3.52. The molecule has 0 aromatic heterocycles. The average Bonchev–Trinajstić information content (AvgIpc) is 2.52. The maximum atomic E-state index is 13.6. The molecule has 5 nitrogen and oxygen atoms in total. The molecule has 0 amide bonds. The van der Waals surface area contributed by atoms with E-state index in [4.69, 9.17) is 0 Å². The van der Waals surface area contributed by atoms with Crippen LogP contribution in [0.25, 0.3) is 0 Å². The van der Waals surface area contributed by atoms with Crippen LogP contribution in [0.4, 0.5) is 59.7 Å². The predicted molar refractivity (Wildman–Crippen MR) is 90.3 cm³/mol. The number of anilines is 1. The van der Waals surface area contributed by atoms with Gasteiger partial charge in [0.15, 0.2) is 10.7 Å². The largest absolute Gasteiger partial charge is 0.459 e. The van der Waals surface area contributed by atoms with Gasteiger partial charge in [0.25, 0.3) is 5.69 Å². The van der Waals surface area contributed by atoms with Crippen molar-refractivity contribution in [2.45, 2.75) is 24.5 Å². The number of nitro groups is 1. The topological polar surface area (TPSA) is 67.2 Å². The van der Waals surface area contributed by atoms with Gasteiger partial charge < -0.3 is 10.6 Å². The summed E-state index contributed by atoms with van der Waals surface area (Å²) in [4.78, 5) is 9.72. The minimum Gasteiger partial charge on any atom is -0.332 e. The molecule has 0 fully saturated rings. The zero-order valence-corrected chi connectivity index (χ0v) is 16.3. The fraction of sp³-hybridized carbons (Fsp3) is 0.308. The van der Waals surface area contributed by atoms with E-state index in [1.807, 2.05) is 0 Å². The van der Waals surface area contributed by atoms with Gasteiger partial charge in [0.2, 0.25) is 0 Å². The van der Waals surface area contributed by atoms with Crippen LogP contribution in [0.2, 0.25) is 0 Å². The summed E-state index contributed by atoms with van der Waals surface area (Å²) in [6.07, 6.45) is -20.2. The Bertz CT molecular complexity index is 893. The molecular weight excluding hydrogens is 551 g/mol. The number of thiocarbonyl (C=S) groups is 1. The smallest absolute Gasteiger partial charge is 0.332 e. The van der Waals surface area contributed by atoms with Gasteiger partial charge in [0, 0.05) is 16.6 Å². The van der Waals surface area contributed by atoms with E-state index >= 15 is 0 Å². The number of benzene rings is 1. The second-order valence-electron chi connectivity index (χ2n) is 5.32. The van der Waals surface area contributed by atoms with Crippen LogP contribution in [-0.4, -0.2) is 34.5 Å². The van der Waals surface area contributed by atoms with Crippen molar-refractivity contribution in [2.75, 3.05) is 5.32 Å². The maximum Gasteiger partial charge on any atom is 0.459 e. The average molecular weight is 556 g/mol. The van der Waals surface area contributed by atoms with Crippen molar-refractivity contribution < 1.29 is 53.2 Å². The van der Waals surface area contributed by atoms with Gasteiger partial charge in [-0.2, -0.15) is 48.3 Å². The maximum absolute atomic E-state index is 13.6. The van der Waals surface area contributed by atoms with Gasteiger partial charge in [-0.25, -0.2) is 0 Å². The molecule has 2 N–H and O–H groups in total. The quantitative estimate of drug-likeness (QED) is 0.200. The minimum atomic E-state index is -6.86. The molecule has 18 heteroatoms. The van der Waals surface area contributed by atoms with Gasteiger partial charge in [-0.05, 0) is 34.2 Å². The van der Waals surface area contributed by atoms with E-state index in [9.17, 15) is 58.4 Å². The summed E-state index contributed by atoms with van der Waals surface area (Å²) in [6, 6.07) is 2.35. The number of rotatable bonds is 4. The predicted octanol–water partition coefficient (Wildman–Crippen LogP) is 6.22. The number of hydrogen-bond donors (Lipinski definition) is 2. The zero-order valence-electron chi connectivity index (χ0n) is 13.9. The molecule has 0 spiro atoms. The molecule has 0 aliphatic carbocycles. The third-order valence-electron chi connectivity index (χ3n) is 3.14. The highest BCUT2D eigenvalue weighted by Gasteiger charge is 2.66. The molecule has 1 aromatic carbocycles. The molecule has 0 atom stereocenters. The van der Waals surface area contributed by atoms with Crippen molar-refractivity contribution in [3.8, 4) is 0 Å². The van der Waals surface area contributed by atoms with E-state index in [0.29, 0.717) is 5.32 Å². The zero-order chi connectivity index (χ0) is 24.6. The van der Waals surface area contributed by atoms with E-state index in [2.05, 4.69) is 28.1 Å². The Morgan fingerprint density at radius 3 is 1.81 bits per heavy atom. The number of hydrogen-bond acceptors (Lipinski definition) is 3. The molecule has 0 bridgehead atoms. The number of nitrogens with one attached hydrogen (secondary N) is 2. The van der Waals surface area contributed by atoms with Crippen molar-refractivity contribution in [3.05, 3.63) is 44.1 Å². The lowest BCUT2D eigenvalue weighted by atomic mass is 10.1. The number of halogens is 12. The number of alkyl halides is 11. The van der Waals surface area contributed by atoms with Gasteiger partial charge in [-0.15, -0.1) is 0 Å². The number of nitro benzene ring substituents is 1. The van der Waals surface area contributed by atoms with Gasteiger partial charge >= 0.3 is 24.5 Å². The SMILES string of the molecule is O=[N+]([O-])c1ccc(NC(=S)NC(=C(C(F)(F)F)C(F)(F)F)C(F)(F)C(F)(F)F)c(Br)c1. The Labute approximate surface area is 177 Å². The van der Waals surface area contributed by atoms with Gasteiger partial charge in [-0.3, -0.25) is 10.1 Å². The van der Waals surface area contributed by atoms with E-state index in [0.717, 1.165) is 18.2 Å². The standard InChI is InChI=1S/C13H5BrF11N3O2S/c14-5-3-4(28(29)30)1-2-6(5)26-9(31)27-8(10(15,16)13(23,24)25)7(11(17,18)19)12(20,21)22/h1-3H,(H2,26,27,31). The highest BCUT2D eigenvalue weighted by atomic mass is 79.9. The van der Waals surface area contributed by atoms with Crippen LogP contribution in [0, 0.1) is 10.1 Å². The van der Waals surface area contributed by atoms with E-state index in [-0.39, 0.29) is 4.47 Å². The van der Waals surface area contributed by atoms with Gasteiger partial charge in [-0.1, -0.05) is 0 Å². The monoisotopic (exact) mass is 555 g/mol. The van der Waals surface area contributed by atoms with Gasteiger partial charge in [0.1, 0.15) is 5.70 Å². The lowest BCUT2D eigenvalue weighted by molar-refractivity contribution is -0.384. The molecule has 0 aliphatic rings. The lowest BCUT2D eigenvalue weighted by Gasteiger charge is -2.28. The second kappa shape index (κ2) is 8.71. The lowest BCUT2D eigenvalue weighted by Crippen LogP contribution is -2.49. The van der Waals surface area contributed by atoms with Crippen LogP contribution >= 0.6 is 28.1 Å². The molecule has 174 valence electrons. The molecule has 0 saturated heterocycles. The number of allylic oxidation sites excluding steroid dienone is 2. The summed E-state index contributed by atoms with van der Waals surface area (Å²) < 4.78 is 141. The molecule has 0 unspecified atom stereocenters. The van der Waals surface area contributed by atoms with Crippen molar-refractivity contribution in [1.82, 2.24) is 5.32 Å². The Kier molecular flexibility index (Phi) is 7.53. The molecule has 1 aromatic rings. The van der Waals surface area contributed by atoms with Crippen LogP contribution in [-0.2, 0) is 0 Å². The van der Waals surface area contributed by atoms with Crippen LogP contribution in [0.15, 0.2) is 33.9 Å². The summed E-state index contributed by atoms with van der Waals surface area (Å²) in [6.45, 7) is 0. The van der Waals surface area contributed by atoms with E-state index in [1.165, 1.54) is 0 Å². The molecule has 0 saturated carbocycles. The van der Waals surface area contributed by atoms with Crippen LogP contribution < -0.4 is 10.6 Å². The van der Waals surface area contributed by atoms with Crippen LogP contribution in [0.1, 0.15) is 0 Å². The first-order chi connectivity index (χ1) is 13.7. The first kappa shape index (κ1) is 26.8. The normalized spacial score (nSPS) is 12.9. The third-order valence-corrected chi connectivity index (χ3v) is 4.00. The van der Waals surface area contributed by atoms with Crippen LogP contribution in [0.3, 0.4) is 0 Å². The highest BCUT2D eigenvalue weighted by Crippen LogP contribution is 2.48. The second-order valence-corrected chi connectivity index (χ2v) is 6.58. The summed E-state index contributed by atoms with van der Waals surface area (Å²) >= 11 is 6.99. The summed E-state index contributed by atoms with van der Waals surface area (Å²) in [7, 11) is 0. The fourth-order valence-electron chi connectivity index (χ4n) is 1.87. The Morgan fingerprint density at radius 2 is 1.45 bits per heavy atom. The van der Waals surface area contributed by atoms with Gasteiger partial charge in [0.05, 0.1) is 10.6 Å². The number of nitrogens with zero attached hydrogens (tertiary/aromatic N) is 1. The van der Waals surface area contributed by atoms with Crippen molar-refractivity contribution in [1.29, 1.82) is 0 Å². The summed E-state index contributed by atoms with van der Waals surface area (Å²) in [5.74, 6) is -6.65. The first-order valence-corrected chi connectivity index (χ1v) is 8.25. The highest BCUT2D eigenvalue weighted by molar-refractivity contribution is 9.10. The molecule has 1 rings (SSSR count). The van der Waals surface area contributed by atoms with E-state index < -0.39 is 57.1 Å². The van der Waals surface area contributed by atoms with Crippen molar-refractivity contribution in [3.63, 3.8) is 0 Å². The fourth-order valence-corrected chi connectivity index (χ4v) is 2.55. The Morgan fingerprint density at radius 1 is 0.968 bits per heavy atom. The third kappa shape index (κ3) is 6.37. The van der Waals surface area contributed by atoms with Crippen LogP contribution in [0.5, 0.6) is 0 Å². The molecule has 0 heterocycles. The molecule has 0 radical (unpaired) electrons. The molecule has 0 aliphatic heterocycles. The minimum absolute atomic E-state index is 0.272. The molecular formula is C13H5BrF11N3O2S. The Hall–Kier alpha value is -2.24. The van der Waals surface area contributed by atoms with E-state index in [1.54, 1.807) is 5.32 Å². The van der Waals surface area contributed by atoms with Crippen molar-refractivity contribution in [2.24, 2.45) is 0 Å². The number of non-ortho nitro benzene ring substituents is 1. The molecule has 31 heavy (non-hydrogen) atoms. The van der Waals surface area contributed by atoms with Crippen molar-refractivity contribution >= 4 is 44.6 Å². The summed E-state index contributed by atoms with van der Waals surface area (Å²) in [5.41, 5.74) is -8.72.